The van der Waals surface area contributed by atoms with Gasteiger partial charge in [0.05, 0.1) is 0 Å². The van der Waals surface area contributed by atoms with Crippen LogP contribution in [0.15, 0.2) is 54.6 Å². The molecule has 90 valence electrons. The Morgan fingerprint density at radius 3 is 2.44 bits per heavy atom. The van der Waals surface area contributed by atoms with E-state index in [9.17, 15) is 4.79 Å². The number of Topliss-reactive ketones (excluding diaryl/α,β-unsaturated/α-hetero) is 1. The Hall–Kier alpha value is -1.60. The summed E-state index contributed by atoms with van der Waals surface area (Å²) >= 11 is 6.28. The zero-order chi connectivity index (χ0) is 12.5. The number of rotatable bonds is 3. The molecule has 1 nitrogen and oxygen atoms in total. The fourth-order valence-corrected chi connectivity index (χ4v) is 2.77. The molecule has 2 aromatic carbocycles. The molecule has 2 heteroatoms. The number of alkyl halides is 1. The molecule has 1 aliphatic carbocycles. The maximum Gasteiger partial charge on any atom is 0.162 e. The Kier molecular flexibility index (Phi) is 2.92. The summed E-state index contributed by atoms with van der Waals surface area (Å²) < 4.78 is 0. The van der Waals surface area contributed by atoms with Gasteiger partial charge in [0.25, 0.3) is 0 Å². The smallest absolute Gasteiger partial charge is 0.162 e. The normalized spacial score (nSPS) is 18.6. The Bertz CT molecular complexity index is 573. The number of carbonyl (C=O) groups excluding carboxylic acids is 1. The van der Waals surface area contributed by atoms with Crippen molar-refractivity contribution in [3.8, 4) is 0 Å². The Balaban J connectivity index is 1.82. The Morgan fingerprint density at radius 1 is 1.06 bits per heavy atom. The van der Waals surface area contributed by atoms with E-state index in [1.165, 1.54) is 5.56 Å². The van der Waals surface area contributed by atoms with Crippen LogP contribution < -0.4 is 0 Å². The minimum atomic E-state index is -0.537. The lowest BCUT2D eigenvalue weighted by molar-refractivity contribution is -0.120. The van der Waals surface area contributed by atoms with Crippen molar-refractivity contribution in [3.05, 3.63) is 71.3 Å². The van der Waals surface area contributed by atoms with E-state index in [0.717, 1.165) is 17.5 Å². The summed E-state index contributed by atoms with van der Waals surface area (Å²) in [6.07, 6.45) is 0.824. The Labute approximate surface area is 111 Å². The molecule has 0 fully saturated rings. The van der Waals surface area contributed by atoms with Crippen LogP contribution in [0.2, 0.25) is 0 Å². The lowest BCUT2D eigenvalue weighted by Gasteiger charge is -2.30. The second-order valence-corrected chi connectivity index (χ2v) is 5.07. The van der Waals surface area contributed by atoms with Crippen molar-refractivity contribution < 1.29 is 4.79 Å². The van der Waals surface area contributed by atoms with Gasteiger partial charge in [-0.1, -0.05) is 54.6 Å². The molecule has 0 bridgehead atoms. The van der Waals surface area contributed by atoms with Gasteiger partial charge in [-0.15, -0.1) is 11.6 Å². The van der Waals surface area contributed by atoms with Crippen LogP contribution in [0, 0.1) is 0 Å². The van der Waals surface area contributed by atoms with Gasteiger partial charge in [-0.05, 0) is 23.1 Å². The lowest BCUT2D eigenvalue weighted by Crippen LogP contribution is -2.27. The van der Waals surface area contributed by atoms with Crippen LogP contribution in [0.1, 0.15) is 28.0 Å². The van der Waals surface area contributed by atoms with E-state index in [1.54, 1.807) is 0 Å². The number of benzene rings is 2. The van der Waals surface area contributed by atoms with Crippen molar-refractivity contribution in [1.29, 1.82) is 0 Å². The van der Waals surface area contributed by atoms with E-state index < -0.39 is 5.38 Å². The summed E-state index contributed by atoms with van der Waals surface area (Å²) in [5.41, 5.74) is 3.30. The monoisotopic (exact) mass is 256 g/mol. The van der Waals surface area contributed by atoms with Crippen molar-refractivity contribution in [2.24, 2.45) is 0 Å². The van der Waals surface area contributed by atoms with Gasteiger partial charge in [-0.2, -0.15) is 0 Å². The molecule has 0 spiro atoms. The molecular weight excluding hydrogens is 244 g/mol. The summed E-state index contributed by atoms with van der Waals surface area (Å²) in [4.78, 5) is 12.4. The van der Waals surface area contributed by atoms with Crippen LogP contribution in [-0.2, 0) is 11.2 Å². The standard InChI is InChI=1S/C16H13ClO/c17-15(11-6-2-1-3-7-11)16(18)14-10-12-8-4-5-9-13(12)14/h1-9,14-15H,10H2. The second kappa shape index (κ2) is 4.58. The highest BCUT2D eigenvalue weighted by Crippen LogP contribution is 2.40. The van der Waals surface area contributed by atoms with Crippen molar-refractivity contribution in [3.63, 3.8) is 0 Å². The Morgan fingerprint density at radius 2 is 1.72 bits per heavy atom. The van der Waals surface area contributed by atoms with E-state index in [4.69, 9.17) is 11.6 Å². The second-order valence-electron chi connectivity index (χ2n) is 4.63. The summed E-state index contributed by atoms with van der Waals surface area (Å²) in [5.74, 6) is 0.0884. The SMILES string of the molecule is O=C(C(Cl)c1ccccc1)C1Cc2ccccc21. The number of hydrogen-bond acceptors (Lipinski definition) is 1. The van der Waals surface area contributed by atoms with Crippen molar-refractivity contribution >= 4 is 17.4 Å². The first-order chi connectivity index (χ1) is 8.77. The maximum absolute atomic E-state index is 12.4. The zero-order valence-electron chi connectivity index (χ0n) is 9.84. The van der Waals surface area contributed by atoms with Crippen molar-refractivity contribution in [2.45, 2.75) is 17.7 Å². The van der Waals surface area contributed by atoms with Gasteiger partial charge >= 0.3 is 0 Å². The molecule has 18 heavy (non-hydrogen) atoms. The van der Waals surface area contributed by atoms with E-state index in [2.05, 4.69) is 6.07 Å². The molecule has 0 amide bonds. The van der Waals surface area contributed by atoms with Gasteiger partial charge in [0, 0.05) is 5.92 Å². The first kappa shape index (κ1) is 11.5. The van der Waals surface area contributed by atoms with Gasteiger partial charge in [-0.25, -0.2) is 0 Å². The van der Waals surface area contributed by atoms with Crippen molar-refractivity contribution in [1.82, 2.24) is 0 Å². The third-order valence-corrected chi connectivity index (χ3v) is 4.01. The van der Waals surface area contributed by atoms with Crippen molar-refractivity contribution in [2.75, 3.05) is 0 Å². The van der Waals surface area contributed by atoms with Crippen LogP contribution in [0.25, 0.3) is 0 Å². The highest BCUT2D eigenvalue weighted by molar-refractivity contribution is 6.32. The molecule has 1 aliphatic rings. The van der Waals surface area contributed by atoms with E-state index in [0.29, 0.717) is 0 Å². The molecule has 2 atom stereocenters. The molecule has 3 rings (SSSR count). The molecule has 0 heterocycles. The highest BCUT2D eigenvalue weighted by Gasteiger charge is 2.35. The third-order valence-electron chi connectivity index (χ3n) is 3.54. The molecule has 0 aliphatic heterocycles. The minimum absolute atomic E-state index is 0.0242. The van der Waals surface area contributed by atoms with Crippen LogP contribution >= 0.6 is 11.6 Å². The maximum atomic E-state index is 12.4. The number of ketones is 1. The van der Waals surface area contributed by atoms with Crippen LogP contribution in [-0.4, -0.2) is 5.78 Å². The number of hydrogen-bond donors (Lipinski definition) is 0. The van der Waals surface area contributed by atoms with E-state index >= 15 is 0 Å². The number of carbonyl (C=O) groups is 1. The molecule has 2 aromatic rings. The van der Waals surface area contributed by atoms with Gasteiger partial charge in [-0.3, -0.25) is 4.79 Å². The predicted molar refractivity (Wildman–Crippen MR) is 72.9 cm³/mol. The van der Waals surface area contributed by atoms with E-state index in [1.807, 2.05) is 48.5 Å². The summed E-state index contributed by atoms with van der Waals surface area (Å²) in [7, 11) is 0. The molecule has 0 N–H and O–H groups in total. The minimum Gasteiger partial charge on any atom is -0.297 e. The summed E-state index contributed by atoms with van der Waals surface area (Å²) in [6.45, 7) is 0. The zero-order valence-corrected chi connectivity index (χ0v) is 10.6. The van der Waals surface area contributed by atoms with Gasteiger partial charge in [0.15, 0.2) is 5.78 Å². The molecule has 0 radical (unpaired) electrons. The first-order valence-corrected chi connectivity index (χ1v) is 6.51. The molecule has 0 saturated carbocycles. The third kappa shape index (κ3) is 1.85. The highest BCUT2D eigenvalue weighted by atomic mass is 35.5. The van der Waals surface area contributed by atoms with Gasteiger partial charge < -0.3 is 0 Å². The topological polar surface area (TPSA) is 17.1 Å². The van der Waals surface area contributed by atoms with Crippen LogP contribution in [0.3, 0.4) is 0 Å². The number of fused-ring (bicyclic) bond motifs is 1. The van der Waals surface area contributed by atoms with Gasteiger partial charge in [0.1, 0.15) is 5.38 Å². The fraction of sp³-hybridized carbons (Fsp3) is 0.188. The first-order valence-electron chi connectivity index (χ1n) is 6.08. The molecule has 0 saturated heterocycles. The van der Waals surface area contributed by atoms with Crippen LogP contribution in [0.5, 0.6) is 0 Å². The average Bonchev–Trinajstić information content (AvgIpc) is 2.40. The van der Waals surface area contributed by atoms with Gasteiger partial charge in [0.2, 0.25) is 0 Å². The number of halogens is 1. The lowest BCUT2D eigenvalue weighted by atomic mass is 9.74. The average molecular weight is 257 g/mol. The predicted octanol–water partition coefficient (Wildman–Crippen LogP) is 3.88. The fourth-order valence-electron chi connectivity index (χ4n) is 2.48. The molecular formula is C16H13ClO. The molecule has 2 unspecified atom stereocenters. The quantitative estimate of drug-likeness (QED) is 0.762. The summed E-state index contributed by atoms with van der Waals surface area (Å²) in [5, 5.41) is -0.537. The van der Waals surface area contributed by atoms with Crippen LogP contribution in [0.4, 0.5) is 0 Å². The van der Waals surface area contributed by atoms with E-state index in [-0.39, 0.29) is 11.7 Å². The summed E-state index contributed by atoms with van der Waals surface area (Å²) in [6, 6.07) is 17.6. The largest absolute Gasteiger partial charge is 0.297 e. The molecule has 0 aromatic heterocycles.